The van der Waals surface area contributed by atoms with E-state index in [1.54, 1.807) is 6.20 Å². The summed E-state index contributed by atoms with van der Waals surface area (Å²) < 4.78 is 0. The van der Waals surface area contributed by atoms with Gasteiger partial charge in [-0.2, -0.15) is 12.6 Å². The summed E-state index contributed by atoms with van der Waals surface area (Å²) >= 11 is 4.30. The first-order valence-corrected chi connectivity index (χ1v) is 6.65. The summed E-state index contributed by atoms with van der Waals surface area (Å²) in [7, 11) is 0. The topological polar surface area (TPSA) is 42.0 Å². The zero-order chi connectivity index (χ0) is 12.1. The first kappa shape index (κ1) is 12.4. The number of pyridine rings is 1. The highest BCUT2D eigenvalue weighted by Crippen LogP contribution is 2.49. The van der Waals surface area contributed by atoms with Gasteiger partial charge in [0.15, 0.2) is 0 Å². The smallest absolute Gasteiger partial charge is 0.220 e. The van der Waals surface area contributed by atoms with Gasteiger partial charge in [-0.1, -0.05) is 6.07 Å². The second-order valence-corrected chi connectivity index (χ2v) is 5.07. The first-order chi connectivity index (χ1) is 8.24. The molecule has 1 aliphatic carbocycles. The minimum Gasteiger partial charge on any atom is -0.356 e. The van der Waals surface area contributed by atoms with E-state index in [1.807, 2.05) is 18.2 Å². The molecule has 1 amide bonds. The Balaban J connectivity index is 1.67. The van der Waals surface area contributed by atoms with Gasteiger partial charge in [-0.25, -0.2) is 0 Å². The molecule has 1 fully saturated rings. The summed E-state index contributed by atoms with van der Waals surface area (Å²) in [5, 5.41) is 2.95. The quantitative estimate of drug-likeness (QED) is 0.757. The van der Waals surface area contributed by atoms with Crippen LogP contribution in [0.2, 0.25) is 0 Å². The summed E-state index contributed by atoms with van der Waals surface area (Å²) in [6.07, 6.45) is 5.48. The minimum absolute atomic E-state index is 0.146. The lowest BCUT2D eigenvalue weighted by Gasteiger charge is -2.11. The number of nitrogens with zero attached hydrogens (tertiary/aromatic N) is 1. The molecule has 0 atom stereocenters. The number of carbonyl (C=O) groups is 1. The summed E-state index contributed by atoms with van der Waals surface area (Å²) in [5.74, 6) is 0.966. The largest absolute Gasteiger partial charge is 0.356 e. The number of amides is 1. The highest BCUT2D eigenvalue weighted by molar-refractivity contribution is 7.80. The van der Waals surface area contributed by atoms with Crippen molar-refractivity contribution in [2.75, 3.05) is 12.3 Å². The number of thiol groups is 1. The zero-order valence-electron chi connectivity index (χ0n) is 9.85. The monoisotopic (exact) mass is 250 g/mol. The van der Waals surface area contributed by atoms with Crippen LogP contribution in [0.25, 0.3) is 0 Å². The number of hydrogen-bond acceptors (Lipinski definition) is 3. The van der Waals surface area contributed by atoms with Gasteiger partial charge >= 0.3 is 0 Å². The van der Waals surface area contributed by atoms with Crippen LogP contribution in [0.15, 0.2) is 24.4 Å². The summed E-state index contributed by atoms with van der Waals surface area (Å²) in [4.78, 5) is 15.9. The SMILES string of the molecule is O=C(CC1(CS)CC1)NCCc1ccccn1. The van der Waals surface area contributed by atoms with E-state index < -0.39 is 0 Å². The Bertz CT molecular complexity index is 376. The normalized spacial score (nSPS) is 16.5. The molecule has 4 heteroatoms. The van der Waals surface area contributed by atoms with Crippen molar-refractivity contribution < 1.29 is 4.79 Å². The highest BCUT2D eigenvalue weighted by Gasteiger charge is 2.42. The van der Waals surface area contributed by atoms with E-state index >= 15 is 0 Å². The molecule has 0 aromatic carbocycles. The van der Waals surface area contributed by atoms with E-state index in [-0.39, 0.29) is 11.3 Å². The molecule has 0 saturated heterocycles. The van der Waals surface area contributed by atoms with Crippen molar-refractivity contribution in [2.24, 2.45) is 5.41 Å². The molecular weight excluding hydrogens is 232 g/mol. The van der Waals surface area contributed by atoms with Crippen molar-refractivity contribution in [1.29, 1.82) is 0 Å². The lowest BCUT2D eigenvalue weighted by molar-refractivity contribution is -0.122. The average Bonchev–Trinajstić information content (AvgIpc) is 3.11. The predicted octanol–water partition coefficient (Wildman–Crippen LogP) is 1.84. The summed E-state index contributed by atoms with van der Waals surface area (Å²) in [6.45, 7) is 0.665. The van der Waals surface area contributed by atoms with Crippen LogP contribution in [0.1, 0.15) is 25.0 Å². The Morgan fingerprint density at radius 1 is 1.47 bits per heavy atom. The molecule has 1 N–H and O–H groups in total. The molecule has 0 spiro atoms. The summed E-state index contributed by atoms with van der Waals surface area (Å²) in [5.41, 5.74) is 1.22. The van der Waals surface area contributed by atoms with Crippen molar-refractivity contribution in [3.8, 4) is 0 Å². The highest BCUT2D eigenvalue weighted by atomic mass is 32.1. The van der Waals surface area contributed by atoms with E-state index in [2.05, 4.69) is 22.9 Å². The molecule has 1 saturated carbocycles. The number of nitrogens with one attached hydrogen (secondary N) is 1. The maximum absolute atomic E-state index is 11.7. The van der Waals surface area contributed by atoms with Crippen LogP contribution >= 0.6 is 12.6 Å². The maximum Gasteiger partial charge on any atom is 0.220 e. The van der Waals surface area contributed by atoms with Crippen LogP contribution in [0.5, 0.6) is 0 Å². The molecule has 2 rings (SSSR count). The molecule has 0 bridgehead atoms. The molecule has 0 aliphatic heterocycles. The van der Waals surface area contributed by atoms with Gasteiger partial charge < -0.3 is 5.32 Å². The fourth-order valence-electron chi connectivity index (χ4n) is 1.85. The average molecular weight is 250 g/mol. The van der Waals surface area contributed by atoms with E-state index in [1.165, 1.54) is 0 Å². The van der Waals surface area contributed by atoms with Crippen LogP contribution in [0.4, 0.5) is 0 Å². The van der Waals surface area contributed by atoms with E-state index in [0.29, 0.717) is 13.0 Å². The van der Waals surface area contributed by atoms with Crippen molar-refractivity contribution in [1.82, 2.24) is 10.3 Å². The van der Waals surface area contributed by atoms with Crippen LogP contribution in [0.3, 0.4) is 0 Å². The second-order valence-electron chi connectivity index (χ2n) is 4.76. The Kier molecular flexibility index (Phi) is 4.05. The van der Waals surface area contributed by atoms with E-state index in [9.17, 15) is 4.79 Å². The lowest BCUT2D eigenvalue weighted by atomic mass is 10.1. The van der Waals surface area contributed by atoms with Crippen molar-refractivity contribution in [2.45, 2.75) is 25.7 Å². The zero-order valence-corrected chi connectivity index (χ0v) is 10.7. The molecule has 1 aromatic heterocycles. The van der Waals surface area contributed by atoms with Gasteiger partial charge in [-0.05, 0) is 36.1 Å². The Morgan fingerprint density at radius 2 is 2.29 bits per heavy atom. The van der Waals surface area contributed by atoms with Crippen molar-refractivity contribution in [3.63, 3.8) is 0 Å². The van der Waals surface area contributed by atoms with E-state index in [4.69, 9.17) is 0 Å². The van der Waals surface area contributed by atoms with Crippen LogP contribution in [0, 0.1) is 5.41 Å². The predicted molar refractivity (Wildman–Crippen MR) is 71.1 cm³/mol. The van der Waals surface area contributed by atoms with Gasteiger partial charge in [0.1, 0.15) is 0 Å². The van der Waals surface area contributed by atoms with Crippen LogP contribution < -0.4 is 5.32 Å². The Morgan fingerprint density at radius 3 is 2.88 bits per heavy atom. The molecule has 1 heterocycles. The van der Waals surface area contributed by atoms with Crippen molar-refractivity contribution in [3.05, 3.63) is 30.1 Å². The van der Waals surface area contributed by atoms with Crippen molar-refractivity contribution >= 4 is 18.5 Å². The molecule has 0 unspecified atom stereocenters. The second kappa shape index (κ2) is 5.54. The fraction of sp³-hybridized carbons (Fsp3) is 0.538. The number of aromatic nitrogens is 1. The molecule has 0 radical (unpaired) electrons. The maximum atomic E-state index is 11.7. The molecule has 1 aromatic rings. The Labute approximate surface area is 107 Å². The first-order valence-electron chi connectivity index (χ1n) is 6.02. The van der Waals surface area contributed by atoms with Gasteiger partial charge in [0, 0.05) is 31.3 Å². The van der Waals surface area contributed by atoms with Crippen LogP contribution in [-0.4, -0.2) is 23.2 Å². The third-order valence-corrected chi connectivity index (χ3v) is 3.93. The fourth-order valence-corrected chi connectivity index (χ4v) is 2.27. The number of hydrogen-bond donors (Lipinski definition) is 2. The number of rotatable bonds is 6. The van der Waals surface area contributed by atoms with Gasteiger partial charge in [-0.3, -0.25) is 9.78 Å². The molecule has 3 nitrogen and oxygen atoms in total. The lowest BCUT2D eigenvalue weighted by Crippen LogP contribution is -2.28. The molecule has 1 aliphatic rings. The molecule has 17 heavy (non-hydrogen) atoms. The van der Waals surface area contributed by atoms with Crippen LogP contribution in [-0.2, 0) is 11.2 Å². The van der Waals surface area contributed by atoms with E-state index in [0.717, 1.165) is 30.7 Å². The molecule has 92 valence electrons. The van der Waals surface area contributed by atoms with Gasteiger partial charge in [0.2, 0.25) is 5.91 Å². The summed E-state index contributed by atoms with van der Waals surface area (Å²) in [6, 6.07) is 5.83. The van der Waals surface area contributed by atoms with Gasteiger partial charge in [-0.15, -0.1) is 0 Å². The van der Waals surface area contributed by atoms with Gasteiger partial charge in [0.05, 0.1) is 0 Å². The minimum atomic E-state index is 0.146. The third kappa shape index (κ3) is 3.73. The Hall–Kier alpha value is -1.03. The molecular formula is C13H18N2OS. The third-order valence-electron chi connectivity index (χ3n) is 3.26. The van der Waals surface area contributed by atoms with Gasteiger partial charge in [0.25, 0.3) is 0 Å². The number of carbonyl (C=O) groups excluding carboxylic acids is 1. The standard InChI is InChI=1S/C13H18N2OS/c16-12(9-13(10-17)5-6-13)15-8-4-11-3-1-2-7-14-11/h1-3,7,17H,4-6,8-10H2,(H,15,16).